The number of aromatic nitrogens is 3. The van der Waals surface area contributed by atoms with Crippen LogP contribution in [0.1, 0.15) is 18.4 Å². The van der Waals surface area contributed by atoms with Crippen molar-refractivity contribution in [2.75, 3.05) is 6.54 Å². The van der Waals surface area contributed by atoms with Crippen LogP contribution in [0.4, 0.5) is 0 Å². The number of aryl methyl sites for hydroxylation is 1. The zero-order valence-corrected chi connectivity index (χ0v) is 13.0. The first-order valence-electron chi connectivity index (χ1n) is 7.60. The van der Waals surface area contributed by atoms with E-state index in [9.17, 15) is 9.59 Å². The third kappa shape index (κ3) is 3.56. The fraction of sp³-hybridized carbons (Fsp3) is 0.375. The van der Waals surface area contributed by atoms with E-state index in [1.807, 2.05) is 19.2 Å². The van der Waals surface area contributed by atoms with E-state index >= 15 is 0 Å². The first-order valence-corrected chi connectivity index (χ1v) is 7.60. The van der Waals surface area contributed by atoms with Crippen LogP contribution in [0.15, 0.2) is 30.7 Å². The highest BCUT2D eigenvalue weighted by atomic mass is 16.2. The summed E-state index contributed by atoms with van der Waals surface area (Å²) in [5.74, 6) is -0.168. The van der Waals surface area contributed by atoms with E-state index in [0.29, 0.717) is 25.9 Å². The quantitative estimate of drug-likeness (QED) is 0.866. The summed E-state index contributed by atoms with van der Waals surface area (Å²) in [6.45, 7) is 0.833. The van der Waals surface area contributed by atoms with Crippen molar-refractivity contribution in [3.8, 4) is 11.3 Å². The van der Waals surface area contributed by atoms with Crippen LogP contribution in [0.5, 0.6) is 0 Å². The zero-order valence-electron chi connectivity index (χ0n) is 13.0. The van der Waals surface area contributed by atoms with Gasteiger partial charge >= 0.3 is 0 Å². The molecule has 0 aliphatic carbocycles. The van der Waals surface area contributed by atoms with E-state index in [2.05, 4.69) is 20.7 Å². The van der Waals surface area contributed by atoms with Crippen LogP contribution < -0.4 is 10.6 Å². The number of carbonyl (C=O) groups excluding carboxylic acids is 2. The highest BCUT2D eigenvalue weighted by Gasteiger charge is 2.24. The minimum absolute atomic E-state index is 0.0159. The molecule has 0 bridgehead atoms. The number of nitrogens with zero attached hydrogens (tertiary/aromatic N) is 3. The molecule has 0 aromatic carbocycles. The highest BCUT2D eigenvalue weighted by Crippen LogP contribution is 2.18. The van der Waals surface area contributed by atoms with Gasteiger partial charge in [-0.25, -0.2) is 0 Å². The van der Waals surface area contributed by atoms with Crippen LogP contribution in [0, 0.1) is 5.92 Å². The minimum Gasteiger partial charge on any atom is -0.355 e. The highest BCUT2D eigenvalue weighted by molar-refractivity contribution is 5.83. The average molecular weight is 313 g/mol. The zero-order chi connectivity index (χ0) is 16.2. The predicted molar refractivity (Wildman–Crippen MR) is 84.0 cm³/mol. The fourth-order valence-corrected chi connectivity index (χ4v) is 2.67. The molecule has 3 rings (SSSR count). The maximum absolute atomic E-state index is 12.1. The Morgan fingerprint density at radius 2 is 2.35 bits per heavy atom. The Balaban J connectivity index is 1.61. The predicted octanol–water partition coefficient (Wildman–Crippen LogP) is 0.624. The van der Waals surface area contributed by atoms with Crippen molar-refractivity contribution in [1.29, 1.82) is 0 Å². The smallest absolute Gasteiger partial charge is 0.225 e. The lowest BCUT2D eigenvalue weighted by atomic mass is 9.98. The molecule has 7 heteroatoms. The second kappa shape index (κ2) is 6.60. The van der Waals surface area contributed by atoms with Gasteiger partial charge in [-0.05, 0) is 24.1 Å². The average Bonchev–Trinajstić information content (AvgIpc) is 3.00. The summed E-state index contributed by atoms with van der Waals surface area (Å²) in [6, 6.07) is 3.91. The van der Waals surface area contributed by atoms with E-state index in [0.717, 1.165) is 16.8 Å². The third-order valence-corrected chi connectivity index (χ3v) is 4.01. The molecule has 2 aromatic rings. The Bertz CT molecular complexity index is 715. The van der Waals surface area contributed by atoms with Crippen LogP contribution in [0.25, 0.3) is 11.3 Å². The van der Waals surface area contributed by atoms with Gasteiger partial charge in [-0.2, -0.15) is 5.10 Å². The summed E-state index contributed by atoms with van der Waals surface area (Å²) in [5.41, 5.74) is 2.86. The molecule has 1 fully saturated rings. The molecule has 7 nitrogen and oxygen atoms in total. The Morgan fingerprint density at radius 3 is 3.04 bits per heavy atom. The summed E-state index contributed by atoms with van der Waals surface area (Å²) in [5, 5.41) is 9.79. The van der Waals surface area contributed by atoms with Crippen molar-refractivity contribution >= 4 is 11.8 Å². The lowest BCUT2D eigenvalue weighted by molar-refractivity contribution is -0.129. The van der Waals surface area contributed by atoms with Crippen LogP contribution >= 0.6 is 0 Å². The molecule has 23 heavy (non-hydrogen) atoms. The summed E-state index contributed by atoms with van der Waals surface area (Å²) < 4.78 is 1.78. The van der Waals surface area contributed by atoms with Gasteiger partial charge in [0.25, 0.3) is 0 Å². The van der Waals surface area contributed by atoms with Crippen molar-refractivity contribution in [3.63, 3.8) is 0 Å². The molecule has 2 amide bonds. The Morgan fingerprint density at radius 1 is 1.48 bits per heavy atom. The van der Waals surface area contributed by atoms with Gasteiger partial charge in [0.05, 0.1) is 11.6 Å². The fourth-order valence-electron chi connectivity index (χ4n) is 2.67. The number of piperidine rings is 1. The molecule has 2 aromatic heterocycles. The lowest BCUT2D eigenvalue weighted by Crippen LogP contribution is -2.42. The molecule has 120 valence electrons. The molecule has 1 aliphatic rings. The molecule has 0 saturated carbocycles. The van der Waals surface area contributed by atoms with Crippen LogP contribution in [-0.2, 0) is 23.2 Å². The number of pyridine rings is 1. The van der Waals surface area contributed by atoms with Gasteiger partial charge in [0.15, 0.2) is 0 Å². The van der Waals surface area contributed by atoms with E-state index in [1.54, 1.807) is 23.3 Å². The number of hydrogen-bond acceptors (Lipinski definition) is 4. The second-order valence-corrected chi connectivity index (χ2v) is 5.68. The third-order valence-electron chi connectivity index (χ3n) is 4.01. The van der Waals surface area contributed by atoms with E-state index < -0.39 is 0 Å². The summed E-state index contributed by atoms with van der Waals surface area (Å²) in [6.07, 6.45) is 6.27. The molecule has 2 N–H and O–H groups in total. The molecular weight excluding hydrogens is 294 g/mol. The van der Waals surface area contributed by atoms with Crippen molar-refractivity contribution in [1.82, 2.24) is 25.4 Å². The van der Waals surface area contributed by atoms with Crippen LogP contribution in [-0.4, -0.2) is 33.1 Å². The molecule has 0 radical (unpaired) electrons. The van der Waals surface area contributed by atoms with Crippen molar-refractivity contribution in [3.05, 3.63) is 36.3 Å². The largest absolute Gasteiger partial charge is 0.355 e. The number of rotatable bonds is 4. The van der Waals surface area contributed by atoms with Crippen molar-refractivity contribution in [2.45, 2.75) is 19.4 Å². The summed E-state index contributed by atoms with van der Waals surface area (Å²) in [4.78, 5) is 27.5. The first kappa shape index (κ1) is 15.2. The van der Waals surface area contributed by atoms with Gasteiger partial charge in [0.1, 0.15) is 0 Å². The Hall–Kier alpha value is -2.70. The summed E-state index contributed by atoms with van der Waals surface area (Å²) in [7, 11) is 1.88. The monoisotopic (exact) mass is 313 g/mol. The van der Waals surface area contributed by atoms with E-state index in [1.165, 1.54) is 0 Å². The maximum atomic E-state index is 12.1. The van der Waals surface area contributed by atoms with Gasteiger partial charge in [0, 0.05) is 50.7 Å². The van der Waals surface area contributed by atoms with Crippen molar-refractivity contribution < 1.29 is 9.59 Å². The molecule has 0 spiro atoms. The number of amides is 2. The second-order valence-electron chi connectivity index (χ2n) is 5.68. The first-order chi connectivity index (χ1) is 11.1. The molecule has 1 atom stereocenters. The SMILES string of the molecule is Cn1nccc1-c1cncc(CNC(=O)C2CCC(=O)NC2)c1. The Kier molecular flexibility index (Phi) is 4.36. The minimum atomic E-state index is -0.152. The molecule has 1 aliphatic heterocycles. The van der Waals surface area contributed by atoms with Gasteiger partial charge in [0.2, 0.25) is 11.8 Å². The lowest BCUT2D eigenvalue weighted by Gasteiger charge is -2.21. The number of carbonyl (C=O) groups is 2. The number of nitrogens with one attached hydrogen (secondary N) is 2. The molecule has 3 heterocycles. The summed E-state index contributed by atoms with van der Waals surface area (Å²) >= 11 is 0. The maximum Gasteiger partial charge on any atom is 0.225 e. The molecule has 1 unspecified atom stereocenters. The number of hydrogen-bond donors (Lipinski definition) is 2. The van der Waals surface area contributed by atoms with E-state index in [-0.39, 0.29) is 17.7 Å². The van der Waals surface area contributed by atoms with E-state index in [4.69, 9.17) is 0 Å². The molecular formula is C16H19N5O2. The molecule has 1 saturated heterocycles. The topological polar surface area (TPSA) is 88.9 Å². The van der Waals surface area contributed by atoms with Gasteiger partial charge in [-0.3, -0.25) is 19.3 Å². The van der Waals surface area contributed by atoms with Crippen LogP contribution in [0.2, 0.25) is 0 Å². The normalized spacial score (nSPS) is 17.6. The van der Waals surface area contributed by atoms with Crippen LogP contribution in [0.3, 0.4) is 0 Å². The van der Waals surface area contributed by atoms with Gasteiger partial charge in [-0.15, -0.1) is 0 Å². The van der Waals surface area contributed by atoms with Gasteiger partial charge in [-0.1, -0.05) is 0 Å². The van der Waals surface area contributed by atoms with Crippen molar-refractivity contribution in [2.24, 2.45) is 13.0 Å². The standard InChI is InChI=1S/C16H19N5O2/c1-21-14(4-5-20-21)13-6-11(7-17-9-13)8-19-16(23)12-2-3-15(22)18-10-12/h4-7,9,12H,2-3,8,10H2,1H3,(H,18,22)(H,19,23). The Labute approximate surface area is 134 Å². The van der Waals surface area contributed by atoms with Gasteiger partial charge < -0.3 is 10.6 Å².